The summed E-state index contributed by atoms with van der Waals surface area (Å²) in [5.74, 6) is -1.27. The van der Waals surface area contributed by atoms with Crippen LogP contribution in [0.3, 0.4) is 0 Å². The Morgan fingerprint density at radius 2 is 1.86 bits per heavy atom. The topological polar surface area (TPSA) is 62.5 Å². The number of likely N-dealkylation sites (tertiary alicyclic amines) is 1. The lowest BCUT2D eigenvalue weighted by Crippen LogP contribution is -2.41. The molecule has 22 heavy (non-hydrogen) atoms. The second-order valence-electron chi connectivity index (χ2n) is 5.64. The summed E-state index contributed by atoms with van der Waals surface area (Å²) >= 11 is 6.39. The third kappa shape index (κ3) is 2.35. The predicted octanol–water partition coefficient (Wildman–Crippen LogP) is 2.77. The number of aromatic nitrogens is 1. The molecule has 1 fully saturated rings. The molecule has 0 saturated carbocycles. The molecule has 0 atom stereocenters. The number of carboxylic acid groups (broad SMARTS) is 1. The number of piperidine rings is 1. The number of fused-ring (bicyclic) bond motifs is 1. The molecule has 3 rings (SSSR count). The first-order valence-corrected chi connectivity index (χ1v) is 7.63. The third-order valence-corrected chi connectivity index (χ3v) is 4.76. The van der Waals surface area contributed by atoms with Gasteiger partial charge in [-0.3, -0.25) is 9.59 Å². The van der Waals surface area contributed by atoms with Gasteiger partial charge in [-0.1, -0.05) is 29.8 Å². The van der Waals surface area contributed by atoms with Crippen LogP contribution in [0.5, 0.6) is 0 Å². The number of nitrogens with zero attached hydrogens (tertiary/aromatic N) is 2. The van der Waals surface area contributed by atoms with E-state index in [9.17, 15) is 9.59 Å². The highest BCUT2D eigenvalue weighted by Crippen LogP contribution is 2.31. The molecule has 2 heterocycles. The highest BCUT2D eigenvalue weighted by atomic mass is 35.5. The number of carbonyl (C=O) groups is 2. The van der Waals surface area contributed by atoms with Crippen LogP contribution in [0.2, 0.25) is 5.02 Å². The summed E-state index contributed by atoms with van der Waals surface area (Å²) in [6.07, 6.45) is 0.977. The summed E-state index contributed by atoms with van der Waals surface area (Å²) in [4.78, 5) is 25.5. The first kappa shape index (κ1) is 14.9. The molecule has 0 radical (unpaired) electrons. The van der Waals surface area contributed by atoms with Crippen molar-refractivity contribution in [3.05, 3.63) is 35.0 Å². The van der Waals surface area contributed by atoms with Gasteiger partial charge in [0.1, 0.15) is 5.69 Å². The number of carboxylic acids is 1. The van der Waals surface area contributed by atoms with Gasteiger partial charge in [0.25, 0.3) is 5.91 Å². The Balaban J connectivity index is 1.89. The maximum Gasteiger partial charge on any atom is 0.306 e. The molecule has 1 aliphatic rings. The highest BCUT2D eigenvalue weighted by molar-refractivity contribution is 6.38. The second kappa shape index (κ2) is 5.65. The molecule has 0 spiro atoms. The predicted molar refractivity (Wildman–Crippen MR) is 84.2 cm³/mol. The average Bonchev–Trinajstić information content (AvgIpc) is 2.79. The van der Waals surface area contributed by atoms with E-state index >= 15 is 0 Å². The number of para-hydroxylation sites is 1. The van der Waals surface area contributed by atoms with Crippen LogP contribution in [-0.2, 0) is 11.8 Å². The van der Waals surface area contributed by atoms with Gasteiger partial charge >= 0.3 is 5.97 Å². The molecule has 1 aromatic carbocycles. The Hall–Kier alpha value is -2.01. The van der Waals surface area contributed by atoms with Crippen molar-refractivity contribution in [2.45, 2.75) is 12.8 Å². The molecule has 1 aromatic heterocycles. The highest BCUT2D eigenvalue weighted by Gasteiger charge is 2.30. The van der Waals surface area contributed by atoms with E-state index in [-0.39, 0.29) is 11.8 Å². The maximum atomic E-state index is 12.8. The van der Waals surface area contributed by atoms with Crippen molar-refractivity contribution in [1.29, 1.82) is 0 Å². The minimum absolute atomic E-state index is 0.132. The van der Waals surface area contributed by atoms with Crippen molar-refractivity contribution in [3.63, 3.8) is 0 Å². The van der Waals surface area contributed by atoms with E-state index in [2.05, 4.69) is 0 Å². The van der Waals surface area contributed by atoms with E-state index < -0.39 is 5.97 Å². The number of rotatable bonds is 2. The van der Waals surface area contributed by atoms with E-state index in [4.69, 9.17) is 16.7 Å². The molecule has 2 aromatic rings. The molecule has 0 bridgehead atoms. The molecular formula is C16H17ClN2O3. The normalized spacial score (nSPS) is 16.2. The van der Waals surface area contributed by atoms with Crippen LogP contribution >= 0.6 is 11.6 Å². The Kier molecular flexibility index (Phi) is 3.83. The van der Waals surface area contributed by atoms with E-state index in [1.807, 2.05) is 35.9 Å². The van der Waals surface area contributed by atoms with E-state index in [0.717, 1.165) is 10.9 Å². The number of benzene rings is 1. The Morgan fingerprint density at radius 1 is 1.23 bits per heavy atom. The fraction of sp³-hybridized carbons (Fsp3) is 0.375. The number of hydrogen-bond acceptors (Lipinski definition) is 2. The van der Waals surface area contributed by atoms with Gasteiger partial charge in [0.05, 0.1) is 10.9 Å². The van der Waals surface area contributed by atoms with Gasteiger partial charge in [0.15, 0.2) is 0 Å². The molecule has 6 heteroatoms. The quantitative estimate of drug-likeness (QED) is 0.925. The fourth-order valence-corrected chi connectivity index (χ4v) is 3.43. The molecule has 116 valence electrons. The van der Waals surface area contributed by atoms with Gasteiger partial charge in [-0.05, 0) is 18.9 Å². The fourth-order valence-electron chi connectivity index (χ4n) is 3.06. The van der Waals surface area contributed by atoms with Crippen LogP contribution in [0.25, 0.3) is 10.9 Å². The molecule has 1 amide bonds. The zero-order chi connectivity index (χ0) is 15.9. The smallest absolute Gasteiger partial charge is 0.306 e. The SMILES string of the molecule is Cn1c(C(=O)N2CCC(C(=O)O)CC2)c(Cl)c2ccccc21. The molecule has 0 unspecified atom stereocenters. The third-order valence-electron chi connectivity index (χ3n) is 4.38. The van der Waals surface area contributed by atoms with Crippen molar-refractivity contribution in [2.75, 3.05) is 13.1 Å². The number of carbonyl (C=O) groups excluding carboxylic acids is 1. The van der Waals surface area contributed by atoms with Crippen LogP contribution in [0.4, 0.5) is 0 Å². The number of amides is 1. The molecular weight excluding hydrogens is 304 g/mol. The van der Waals surface area contributed by atoms with Gasteiger partial charge in [-0.15, -0.1) is 0 Å². The first-order chi connectivity index (χ1) is 10.5. The largest absolute Gasteiger partial charge is 0.481 e. The molecule has 5 nitrogen and oxygen atoms in total. The Bertz CT molecular complexity index is 706. The minimum atomic E-state index is -0.783. The van der Waals surface area contributed by atoms with Crippen LogP contribution in [0, 0.1) is 5.92 Å². The zero-order valence-corrected chi connectivity index (χ0v) is 13.0. The number of hydrogen-bond donors (Lipinski definition) is 1. The van der Waals surface area contributed by atoms with E-state index in [1.54, 1.807) is 4.90 Å². The number of aryl methyl sites for hydroxylation is 1. The van der Waals surface area contributed by atoms with Crippen LogP contribution in [0.1, 0.15) is 23.3 Å². The summed E-state index contributed by atoms with van der Waals surface area (Å²) in [6, 6.07) is 7.62. The van der Waals surface area contributed by atoms with Crippen LogP contribution in [0.15, 0.2) is 24.3 Å². The van der Waals surface area contributed by atoms with Gasteiger partial charge in [0.2, 0.25) is 0 Å². The van der Waals surface area contributed by atoms with Gasteiger partial charge in [-0.25, -0.2) is 0 Å². The number of halogens is 1. The molecule has 1 saturated heterocycles. The average molecular weight is 321 g/mol. The minimum Gasteiger partial charge on any atom is -0.481 e. The van der Waals surface area contributed by atoms with Crippen molar-refractivity contribution >= 4 is 34.4 Å². The Morgan fingerprint density at radius 3 is 2.45 bits per heavy atom. The lowest BCUT2D eigenvalue weighted by atomic mass is 9.97. The summed E-state index contributed by atoms with van der Waals surface area (Å²) < 4.78 is 1.81. The van der Waals surface area contributed by atoms with Gasteiger partial charge in [-0.2, -0.15) is 0 Å². The van der Waals surface area contributed by atoms with Crippen molar-refractivity contribution in [3.8, 4) is 0 Å². The second-order valence-corrected chi connectivity index (χ2v) is 6.02. The summed E-state index contributed by atoms with van der Waals surface area (Å²) in [7, 11) is 1.82. The van der Waals surface area contributed by atoms with Crippen LogP contribution in [-0.4, -0.2) is 39.5 Å². The lowest BCUT2D eigenvalue weighted by molar-refractivity contribution is -0.143. The van der Waals surface area contributed by atoms with E-state index in [1.165, 1.54) is 0 Å². The summed E-state index contributed by atoms with van der Waals surface area (Å²) in [5.41, 5.74) is 1.38. The zero-order valence-electron chi connectivity index (χ0n) is 12.3. The Labute approximate surface area is 133 Å². The summed E-state index contributed by atoms with van der Waals surface area (Å²) in [5, 5.41) is 10.4. The van der Waals surface area contributed by atoms with E-state index in [0.29, 0.717) is 36.6 Å². The molecule has 1 aliphatic heterocycles. The van der Waals surface area contributed by atoms with Crippen molar-refractivity contribution < 1.29 is 14.7 Å². The van der Waals surface area contributed by atoms with Gasteiger partial charge in [0, 0.05) is 31.0 Å². The van der Waals surface area contributed by atoms with Gasteiger partial charge < -0.3 is 14.6 Å². The van der Waals surface area contributed by atoms with Crippen LogP contribution < -0.4 is 0 Å². The standard InChI is InChI=1S/C16H17ClN2O3/c1-18-12-5-3-2-4-11(12)13(17)14(18)15(20)19-8-6-10(7-9-19)16(21)22/h2-5,10H,6-9H2,1H3,(H,21,22). The number of aliphatic carboxylic acids is 1. The summed E-state index contributed by atoms with van der Waals surface area (Å²) in [6.45, 7) is 0.904. The molecule has 1 N–H and O–H groups in total. The monoisotopic (exact) mass is 320 g/mol. The first-order valence-electron chi connectivity index (χ1n) is 7.25. The van der Waals surface area contributed by atoms with Crippen molar-refractivity contribution in [1.82, 2.24) is 9.47 Å². The molecule has 0 aliphatic carbocycles. The lowest BCUT2D eigenvalue weighted by Gasteiger charge is -2.30. The maximum absolute atomic E-state index is 12.8. The van der Waals surface area contributed by atoms with Crippen molar-refractivity contribution in [2.24, 2.45) is 13.0 Å².